The highest BCUT2D eigenvalue weighted by Crippen LogP contribution is 2.33. The molecular weight excluding hydrogens is 332 g/mol. The number of carbonyl (C=O) groups is 2. The number of aromatic nitrogens is 2. The number of rotatable bonds is 2. The average Bonchev–Trinajstić information content (AvgIpc) is 2.96. The molecule has 2 aromatic heterocycles. The van der Waals surface area contributed by atoms with Crippen LogP contribution in [0.4, 0.5) is 11.4 Å². The van der Waals surface area contributed by atoms with E-state index in [2.05, 4.69) is 10.3 Å². The first kappa shape index (κ1) is 16.1. The van der Waals surface area contributed by atoms with E-state index in [-0.39, 0.29) is 18.4 Å². The van der Waals surface area contributed by atoms with Crippen molar-refractivity contribution in [1.29, 1.82) is 0 Å². The Morgan fingerprint density at radius 2 is 2.08 bits per heavy atom. The van der Waals surface area contributed by atoms with Crippen LogP contribution in [0, 0.1) is 13.8 Å². The van der Waals surface area contributed by atoms with E-state index < -0.39 is 0 Å². The Morgan fingerprint density at radius 3 is 2.88 bits per heavy atom. The lowest BCUT2D eigenvalue weighted by molar-refractivity contribution is -0.120. The zero-order chi connectivity index (χ0) is 18.4. The first-order valence-corrected chi connectivity index (χ1v) is 8.25. The van der Waals surface area contributed by atoms with Crippen molar-refractivity contribution in [3.8, 4) is 5.75 Å². The number of carbonyl (C=O) groups excluding carboxylic acids is 2. The molecule has 0 aliphatic carbocycles. The van der Waals surface area contributed by atoms with Gasteiger partial charge in [0, 0.05) is 18.9 Å². The second-order valence-electron chi connectivity index (χ2n) is 6.31. The lowest BCUT2D eigenvalue weighted by Crippen LogP contribution is -2.35. The number of pyridine rings is 1. The zero-order valence-electron chi connectivity index (χ0n) is 14.7. The Morgan fingerprint density at radius 1 is 1.27 bits per heavy atom. The Bertz CT molecular complexity index is 1050. The van der Waals surface area contributed by atoms with E-state index in [0.29, 0.717) is 28.5 Å². The summed E-state index contributed by atoms with van der Waals surface area (Å²) in [6, 6.07) is 9.08. The summed E-state index contributed by atoms with van der Waals surface area (Å²) in [5.74, 6) is 0.229. The van der Waals surface area contributed by atoms with Crippen LogP contribution in [0.2, 0.25) is 0 Å². The predicted molar refractivity (Wildman–Crippen MR) is 98.0 cm³/mol. The molecule has 0 saturated carbocycles. The first-order valence-electron chi connectivity index (χ1n) is 8.25. The summed E-state index contributed by atoms with van der Waals surface area (Å²) in [5, 5.41) is 2.89. The third-order valence-corrected chi connectivity index (χ3v) is 4.54. The highest BCUT2D eigenvalue weighted by molar-refractivity contribution is 6.05. The molecule has 4 rings (SSSR count). The van der Waals surface area contributed by atoms with Gasteiger partial charge in [0.15, 0.2) is 6.61 Å². The van der Waals surface area contributed by atoms with E-state index in [9.17, 15) is 9.59 Å². The fourth-order valence-corrected chi connectivity index (χ4v) is 3.13. The maximum Gasteiger partial charge on any atom is 0.274 e. The van der Waals surface area contributed by atoms with E-state index in [4.69, 9.17) is 4.74 Å². The van der Waals surface area contributed by atoms with E-state index >= 15 is 0 Å². The minimum absolute atomic E-state index is 0.0234. The summed E-state index contributed by atoms with van der Waals surface area (Å²) in [6.45, 7) is 3.80. The number of anilines is 2. The Labute approximate surface area is 150 Å². The van der Waals surface area contributed by atoms with Gasteiger partial charge in [-0.1, -0.05) is 6.07 Å². The van der Waals surface area contributed by atoms with Gasteiger partial charge in [0.25, 0.3) is 11.8 Å². The molecule has 0 radical (unpaired) electrons. The molecule has 3 aromatic rings. The van der Waals surface area contributed by atoms with E-state index in [1.54, 1.807) is 29.6 Å². The molecule has 7 heteroatoms. The molecule has 0 fully saturated rings. The van der Waals surface area contributed by atoms with Crippen molar-refractivity contribution in [3.63, 3.8) is 0 Å². The molecule has 1 aliphatic heterocycles. The van der Waals surface area contributed by atoms with Gasteiger partial charge >= 0.3 is 0 Å². The van der Waals surface area contributed by atoms with Crippen molar-refractivity contribution in [2.45, 2.75) is 13.8 Å². The van der Waals surface area contributed by atoms with Crippen molar-refractivity contribution in [2.75, 3.05) is 23.9 Å². The normalized spacial score (nSPS) is 13.5. The van der Waals surface area contributed by atoms with Crippen LogP contribution < -0.4 is 15.0 Å². The lowest BCUT2D eigenvalue weighted by Gasteiger charge is -2.26. The highest BCUT2D eigenvalue weighted by Gasteiger charge is 2.23. The molecule has 0 spiro atoms. The van der Waals surface area contributed by atoms with Gasteiger partial charge in [-0.2, -0.15) is 0 Å². The summed E-state index contributed by atoms with van der Waals surface area (Å²) in [6.07, 6.45) is 1.82. The van der Waals surface area contributed by atoms with Gasteiger partial charge < -0.3 is 15.0 Å². The maximum atomic E-state index is 12.9. The van der Waals surface area contributed by atoms with Crippen LogP contribution in [0.1, 0.15) is 21.7 Å². The number of fused-ring (bicyclic) bond motifs is 2. The molecule has 0 saturated heterocycles. The average molecular weight is 350 g/mol. The fraction of sp³-hybridized carbons (Fsp3) is 0.211. The van der Waals surface area contributed by atoms with Crippen LogP contribution in [0.5, 0.6) is 5.75 Å². The summed E-state index contributed by atoms with van der Waals surface area (Å²) >= 11 is 0. The van der Waals surface area contributed by atoms with Gasteiger partial charge in [0.05, 0.1) is 11.4 Å². The number of nitrogens with zero attached hydrogens (tertiary/aromatic N) is 3. The van der Waals surface area contributed by atoms with Gasteiger partial charge in [0.2, 0.25) is 0 Å². The van der Waals surface area contributed by atoms with Gasteiger partial charge in [-0.3, -0.25) is 14.0 Å². The highest BCUT2D eigenvalue weighted by atomic mass is 16.5. The van der Waals surface area contributed by atoms with Crippen molar-refractivity contribution in [2.24, 2.45) is 0 Å². The van der Waals surface area contributed by atoms with Crippen LogP contribution in [0.25, 0.3) is 5.65 Å². The lowest BCUT2D eigenvalue weighted by atomic mass is 10.2. The number of hydrogen-bond acceptors (Lipinski definition) is 4. The molecule has 1 N–H and O–H groups in total. The van der Waals surface area contributed by atoms with Crippen molar-refractivity contribution < 1.29 is 14.3 Å². The third kappa shape index (κ3) is 2.48. The predicted octanol–water partition coefficient (Wildman–Crippen LogP) is 2.56. The standard InChI is InChI=1S/C19H18N4O3/c1-11-5-4-8-23-17(12(2)20-18(11)23)19(25)21-13-6-7-15-14(9-13)22(3)16(24)10-26-15/h4-9H,10H2,1-3H3,(H,21,25). The topological polar surface area (TPSA) is 75.9 Å². The number of likely N-dealkylation sites (N-methyl/N-ethyl adjacent to an activating group) is 1. The third-order valence-electron chi connectivity index (χ3n) is 4.54. The molecule has 0 atom stereocenters. The summed E-state index contributed by atoms with van der Waals surface area (Å²) in [5.41, 5.74) is 4.12. The maximum absolute atomic E-state index is 12.9. The number of nitrogens with one attached hydrogen (secondary N) is 1. The first-order chi connectivity index (χ1) is 12.5. The van der Waals surface area contributed by atoms with Gasteiger partial charge in [-0.05, 0) is 43.7 Å². The second-order valence-corrected chi connectivity index (χ2v) is 6.31. The molecule has 0 bridgehead atoms. The van der Waals surface area contributed by atoms with Gasteiger partial charge in [-0.15, -0.1) is 0 Å². The molecular formula is C19H18N4O3. The number of benzene rings is 1. The number of hydrogen-bond donors (Lipinski definition) is 1. The number of aryl methyl sites for hydroxylation is 2. The SMILES string of the molecule is Cc1nc2c(C)cccn2c1C(=O)Nc1ccc2c(c1)N(C)C(=O)CO2. The quantitative estimate of drug-likeness (QED) is 0.771. The van der Waals surface area contributed by atoms with Crippen molar-refractivity contribution >= 4 is 28.8 Å². The molecule has 7 nitrogen and oxygen atoms in total. The minimum Gasteiger partial charge on any atom is -0.482 e. The molecule has 1 aromatic carbocycles. The van der Waals surface area contributed by atoms with Crippen molar-refractivity contribution in [1.82, 2.24) is 9.38 Å². The second kappa shape index (κ2) is 5.87. The van der Waals surface area contributed by atoms with Gasteiger partial charge in [-0.25, -0.2) is 4.98 Å². The number of amides is 2. The van der Waals surface area contributed by atoms with E-state index in [1.807, 2.05) is 32.2 Å². The van der Waals surface area contributed by atoms with Crippen LogP contribution in [-0.2, 0) is 4.79 Å². The molecule has 26 heavy (non-hydrogen) atoms. The van der Waals surface area contributed by atoms with E-state index in [0.717, 1.165) is 11.2 Å². The number of imidazole rings is 1. The smallest absolute Gasteiger partial charge is 0.274 e. The van der Waals surface area contributed by atoms with Crippen LogP contribution in [0.15, 0.2) is 36.5 Å². The number of ether oxygens (including phenoxy) is 1. The monoisotopic (exact) mass is 350 g/mol. The fourth-order valence-electron chi connectivity index (χ4n) is 3.13. The van der Waals surface area contributed by atoms with Crippen LogP contribution in [0.3, 0.4) is 0 Å². The molecule has 132 valence electrons. The minimum atomic E-state index is -0.258. The van der Waals surface area contributed by atoms with Crippen LogP contribution in [-0.4, -0.2) is 34.9 Å². The summed E-state index contributed by atoms with van der Waals surface area (Å²) in [7, 11) is 1.69. The van der Waals surface area contributed by atoms with E-state index in [1.165, 1.54) is 4.90 Å². The van der Waals surface area contributed by atoms with Gasteiger partial charge in [0.1, 0.15) is 17.1 Å². The Balaban J connectivity index is 1.69. The zero-order valence-corrected chi connectivity index (χ0v) is 14.7. The van der Waals surface area contributed by atoms with Crippen LogP contribution >= 0.6 is 0 Å². The summed E-state index contributed by atoms with van der Waals surface area (Å²) in [4.78, 5) is 30.7. The summed E-state index contributed by atoms with van der Waals surface area (Å²) < 4.78 is 7.20. The molecule has 2 amide bonds. The molecule has 1 aliphatic rings. The Hall–Kier alpha value is -3.35. The molecule has 0 unspecified atom stereocenters. The largest absolute Gasteiger partial charge is 0.482 e. The Kier molecular flexibility index (Phi) is 3.64. The molecule has 3 heterocycles. The van der Waals surface area contributed by atoms with Crippen molar-refractivity contribution in [3.05, 3.63) is 53.5 Å².